The number of hydrogen-bond acceptors (Lipinski definition) is 4. The summed E-state index contributed by atoms with van der Waals surface area (Å²) in [6.07, 6.45) is -2.27. The molecular weight excluding hydrogens is 353 g/mol. The van der Waals surface area contributed by atoms with Crippen molar-refractivity contribution < 1.29 is 22.4 Å². The first-order chi connectivity index (χ1) is 11.8. The number of alkyl halides is 3. The quantitative estimate of drug-likeness (QED) is 0.829. The van der Waals surface area contributed by atoms with Gasteiger partial charge in [-0.3, -0.25) is 4.79 Å². The molecule has 0 atom stereocenters. The first-order valence-electron chi connectivity index (χ1n) is 7.84. The van der Waals surface area contributed by atoms with Crippen LogP contribution in [0.25, 0.3) is 11.5 Å². The van der Waals surface area contributed by atoms with Gasteiger partial charge in [-0.15, -0.1) is 11.8 Å². The predicted octanol–water partition coefficient (Wildman–Crippen LogP) is 4.18. The first kappa shape index (κ1) is 17.8. The number of aromatic nitrogens is 1. The fourth-order valence-corrected chi connectivity index (χ4v) is 3.06. The molecular formula is C17H17F3N2O2S. The zero-order valence-electron chi connectivity index (χ0n) is 13.5. The van der Waals surface area contributed by atoms with Gasteiger partial charge in [0.1, 0.15) is 5.76 Å². The highest BCUT2D eigenvalue weighted by Gasteiger charge is 2.30. The van der Waals surface area contributed by atoms with Crippen molar-refractivity contribution in [2.75, 3.05) is 5.75 Å². The Hall–Kier alpha value is -1.96. The molecule has 1 saturated carbocycles. The van der Waals surface area contributed by atoms with Gasteiger partial charge in [-0.2, -0.15) is 13.2 Å². The topological polar surface area (TPSA) is 55.1 Å². The number of aryl methyl sites for hydroxylation is 1. The van der Waals surface area contributed by atoms with E-state index < -0.39 is 11.7 Å². The number of thioether (sulfide) groups is 1. The molecule has 0 bridgehead atoms. The zero-order valence-corrected chi connectivity index (χ0v) is 14.3. The average Bonchev–Trinajstić information content (AvgIpc) is 3.28. The largest absolute Gasteiger partial charge is 0.441 e. The third kappa shape index (κ3) is 4.78. The van der Waals surface area contributed by atoms with Gasteiger partial charge in [0.2, 0.25) is 11.8 Å². The van der Waals surface area contributed by atoms with Gasteiger partial charge < -0.3 is 9.73 Å². The molecule has 1 aliphatic carbocycles. The number of oxazole rings is 1. The minimum atomic E-state index is -4.37. The monoisotopic (exact) mass is 370 g/mol. The van der Waals surface area contributed by atoms with E-state index in [-0.39, 0.29) is 11.8 Å². The van der Waals surface area contributed by atoms with Crippen LogP contribution in [0.3, 0.4) is 0 Å². The minimum absolute atomic E-state index is 0.0108. The van der Waals surface area contributed by atoms with Gasteiger partial charge in [-0.1, -0.05) is 0 Å². The number of amides is 1. The maximum absolute atomic E-state index is 12.6. The van der Waals surface area contributed by atoms with Crippen molar-refractivity contribution >= 4 is 17.7 Å². The second-order valence-electron chi connectivity index (χ2n) is 5.93. The molecule has 3 rings (SSSR count). The maximum Gasteiger partial charge on any atom is 0.416 e. The fraction of sp³-hybridized carbons (Fsp3) is 0.412. The van der Waals surface area contributed by atoms with Crippen LogP contribution in [0.4, 0.5) is 13.2 Å². The summed E-state index contributed by atoms with van der Waals surface area (Å²) in [6.45, 7) is 1.75. The van der Waals surface area contributed by atoms with E-state index in [1.807, 2.05) is 0 Å². The summed E-state index contributed by atoms with van der Waals surface area (Å²) >= 11 is 1.43. The summed E-state index contributed by atoms with van der Waals surface area (Å²) in [7, 11) is 0. The van der Waals surface area contributed by atoms with Crippen molar-refractivity contribution in [1.82, 2.24) is 10.3 Å². The first-order valence-corrected chi connectivity index (χ1v) is 8.99. The van der Waals surface area contributed by atoms with Gasteiger partial charge in [-0.05, 0) is 44.0 Å². The predicted molar refractivity (Wildman–Crippen MR) is 89.0 cm³/mol. The zero-order chi connectivity index (χ0) is 18.0. The number of halogens is 3. The average molecular weight is 370 g/mol. The molecule has 1 aromatic carbocycles. The van der Waals surface area contributed by atoms with Gasteiger partial charge in [0, 0.05) is 17.4 Å². The Balaban J connectivity index is 1.60. The van der Waals surface area contributed by atoms with Crippen molar-refractivity contribution in [1.29, 1.82) is 0 Å². The Morgan fingerprint density at radius 3 is 2.60 bits per heavy atom. The SMILES string of the molecule is Cc1oc(-c2ccc(C(F)(F)F)cc2)nc1CSCC(=O)NC1CC1. The van der Waals surface area contributed by atoms with E-state index in [1.165, 1.54) is 23.9 Å². The fourth-order valence-electron chi connectivity index (χ4n) is 2.22. The van der Waals surface area contributed by atoms with E-state index in [0.717, 1.165) is 25.0 Å². The summed E-state index contributed by atoms with van der Waals surface area (Å²) in [6, 6.07) is 5.03. The summed E-state index contributed by atoms with van der Waals surface area (Å²) < 4.78 is 43.4. The number of carbonyl (C=O) groups excluding carboxylic acids is 1. The van der Waals surface area contributed by atoms with Crippen LogP contribution in [0.15, 0.2) is 28.7 Å². The van der Waals surface area contributed by atoms with Gasteiger partial charge in [0.25, 0.3) is 0 Å². The van der Waals surface area contributed by atoms with Crippen LogP contribution in [0.2, 0.25) is 0 Å². The molecule has 1 aromatic heterocycles. The molecule has 0 unspecified atom stereocenters. The van der Waals surface area contributed by atoms with E-state index in [1.54, 1.807) is 6.92 Å². The Morgan fingerprint density at radius 1 is 1.32 bits per heavy atom. The van der Waals surface area contributed by atoms with Gasteiger partial charge in [0.05, 0.1) is 17.0 Å². The smallest absolute Gasteiger partial charge is 0.416 e. The normalized spacial score (nSPS) is 14.6. The third-order valence-corrected chi connectivity index (χ3v) is 4.71. The molecule has 1 heterocycles. The molecule has 0 aliphatic heterocycles. The number of nitrogens with one attached hydrogen (secondary N) is 1. The Morgan fingerprint density at radius 2 is 2.00 bits per heavy atom. The van der Waals surface area contributed by atoms with Crippen LogP contribution in [-0.2, 0) is 16.7 Å². The van der Waals surface area contributed by atoms with E-state index in [4.69, 9.17) is 4.42 Å². The van der Waals surface area contributed by atoms with Crippen molar-refractivity contribution in [2.24, 2.45) is 0 Å². The molecule has 2 aromatic rings. The summed E-state index contributed by atoms with van der Waals surface area (Å²) in [4.78, 5) is 16.0. The van der Waals surface area contributed by atoms with Gasteiger partial charge in [-0.25, -0.2) is 4.98 Å². The molecule has 1 aliphatic rings. The van der Waals surface area contributed by atoms with Crippen molar-refractivity contribution in [2.45, 2.75) is 37.7 Å². The second-order valence-corrected chi connectivity index (χ2v) is 6.92. The Labute approximate surface area is 147 Å². The van der Waals surface area contributed by atoms with E-state index in [0.29, 0.717) is 34.6 Å². The van der Waals surface area contributed by atoms with Gasteiger partial charge >= 0.3 is 6.18 Å². The maximum atomic E-state index is 12.6. The molecule has 0 saturated heterocycles. The highest BCUT2D eigenvalue weighted by atomic mass is 32.2. The molecule has 1 N–H and O–H groups in total. The Kier molecular flexibility index (Phi) is 5.08. The summed E-state index contributed by atoms with van der Waals surface area (Å²) in [5, 5.41) is 2.91. The minimum Gasteiger partial charge on any atom is -0.441 e. The number of hydrogen-bond donors (Lipinski definition) is 1. The van der Waals surface area contributed by atoms with Crippen LogP contribution < -0.4 is 5.32 Å². The van der Waals surface area contributed by atoms with Crippen LogP contribution in [0, 0.1) is 6.92 Å². The highest BCUT2D eigenvalue weighted by Crippen LogP contribution is 2.31. The molecule has 1 amide bonds. The summed E-state index contributed by atoms with van der Waals surface area (Å²) in [5.74, 6) is 1.75. The molecule has 8 heteroatoms. The second kappa shape index (κ2) is 7.11. The lowest BCUT2D eigenvalue weighted by atomic mass is 10.1. The number of rotatable bonds is 6. The van der Waals surface area contributed by atoms with E-state index in [2.05, 4.69) is 10.3 Å². The van der Waals surface area contributed by atoms with Crippen LogP contribution in [-0.4, -0.2) is 22.7 Å². The number of carbonyl (C=O) groups is 1. The van der Waals surface area contributed by atoms with Crippen LogP contribution in [0.1, 0.15) is 29.9 Å². The van der Waals surface area contributed by atoms with Gasteiger partial charge in [0.15, 0.2) is 0 Å². The summed E-state index contributed by atoms with van der Waals surface area (Å²) in [5.41, 5.74) is 0.468. The lowest BCUT2D eigenvalue weighted by molar-refractivity contribution is -0.137. The molecule has 4 nitrogen and oxygen atoms in total. The van der Waals surface area contributed by atoms with Crippen molar-refractivity contribution in [3.63, 3.8) is 0 Å². The third-order valence-electron chi connectivity index (χ3n) is 3.77. The standard InChI is InChI=1S/C17H17F3N2O2S/c1-10-14(8-25-9-15(23)21-13-6-7-13)22-16(24-10)11-2-4-12(5-3-11)17(18,19)20/h2-5,13H,6-9H2,1H3,(H,21,23). The number of nitrogens with zero attached hydrogens (tertiary/aromatic N) is 1. The Bertz CT molecular complexity index is 752. The van der Waals surface area contributed by atoms with Crippen LogP contribution >= 0.6 is 11.8 Å². The van der Waals surface area contributed by atoms with Crippen molar-refractivity contribution in [3.8, 4) is 11.5 Å². The lowest BCUT2D eigenvalue weighted by Gasteiger charge is -2.06. The molecule has 25 heavy (non-hydrogen) atoms. The highest BCUT2D eigenvalue weighted by molar-refractivity contribution is 7.99. The number of benzene rings is 1. The van der Waals surface area contributed by atoms with E-state index >= 15 is 0 Å². The van der Waals surface area contributed by atoms with E-state index in [9.17, 15) is 18.0 Å². The molecule has 0 spiro atoms. The van der Waals surface area contributed by atoms with Crippen LogP contribution in [0.5, 0.6) is 0 Å². The molecule has 1 fully saturated rings. The molecule has 134 valence electrons. The van der Waals surface area contributed by atoms with Crippen molar-refractivity contribution in [3.05, 3.63) is 41.3 Å². The lowest BCUT2D eigenvalue weighted by Crippen LogP contribution is -2.27. The molecule has 0 radical (unpaired) electrons.